The Morgan fingerprint density at radius 2 is 1.95 bits per heavy atom. The highest BCUT2D eigenvalue weighted by Crippen LogP contribution is 2.24. The molecule has 6 heteroatoms. The Kier molecular flexibility index (Phi) is 4.27. The molecule has 1 aromatic heterocycles. The van der Waals surface area contributed by atoms with Crippen molar-refractivity contribution >= 4 is 11.9 Å². The summed E-state index contributed by atoms with van der Waals surface area (Å²) in [6, 6.07) is 11.8. The minimum absolute atomic E-state index is 0.243. The second-order valence-electron chi connectivity index (χ2n) is 5.09. The van der Waals surface area contributed by atoms with Gasteiger partial charge >= 0.3 is 6.09 Å². The molecule has 0 radical (unpaired) electrons. The third-order valence-corrected chi connectivity index (χ3v) is 3.69. The summed E-state index contributed by atoms with van der Waals surface area (Å²) < 4.78 is 10.4. The van der Waals surface area contributed by atoms with Crippen LogP contribution < -0.4 is 4.90 Å². The second kappa shape index (κ2) is 6.51. The monoisotopic (exact) mass is 301 g/mol. The molecule has 1 aliphatic rings. The molecule has 3 rings (SSSR count). The van der Waals surface area contributed by atoms with E-state index in [1.54, 1.807) is 4.90 Å². The van der Waals surface area contributed by atoms with Gasteiger partial charge in [0, 0.05) is 37.8 Å². The molecule has 0 saturated carbocycles. The van der Waals surface area contributed by atoms with Gasteiger partial charge in [0.05, 0.1) is 6.61 Å². The van der Waals surface area contributed by atoms with Crippen molar-refractivity contribution in [3.05, 3.63) is 36.4 Å². The van der Waals surface area contributed by atoms with Gasteiger partial charge in [-0.3, -0.25) is 0 Å². The number of rotatable bonds is 3. The lowest BCUT2D eigenvalue weighted by molar-refractivity contribution is 0.105. The van der Waals surface area contributed by atoms with Crippen LogP contribution in [0.15, 0.2) is 40.9 Å². The molecule has 0 aliphatic carbocycles. The van der Waals surface area contributed by atoms with Gasteiger partial charge in [0.25, 0.3) is 0 Å². The van der Waals surface area contributed by atoms with Crippen LogP contribution in [-0.2, 0) is 4.74 Å². The third-order valence-electron chi connectivity index (χ3n) is 3.69. The highest BCUT2D eigenvalue weighted by atomic mass is 16.6. The Hall–Kier alpha value is -2.50. The quantitative estimate of drug-likeness (QED) is 0.872. The Morgan fingerprint density at radius 3 is 2.64 bits per heavy atom. The number of benzene rings is 1. The zero-order valence-corrected chi connectivity index (χ0v) is 12.6. The van der Waals surface area contributed by atoms with E-state index < -0.39 is 0 Å². The lowest BCUT2D eigenvalue weighted by Crippen LogP contribution is -2.49. The molecule has 0 atom stereocenters. The largest absolute Gasteiger partial charge is 0.450 e. The first-order chi connectivity index (χ1) is 10.8. The fourth-order valence-corrected chi connectivity index (χ4v) is 2.49. The summed E-state index contributed by atoms with van der Waals surface area (Å²) in [5, 5.41) is 4.14. The van der Waals surface area contributed by atoms with Gasteiger partial charge in [-0.1, -0.05) is 35.5 Å². The molecule has 1 aliphatic heterocycles. The van der Waals surface area contributed by atoms with E-state index in [0.717, 1.165) is 30.2 Å². The summed E-state index contributed by atoms with van der Waals surface area (Å²) in [4.78, 5) is 15.5. The zero-order chi connectivity index (χ0) is 15.4. The van der Waals surface area contributed by atoms with Crippen molar-refractivity contribution in [3.8, 4) is 11.3 Å². The Balaban J connectivity index is 1.63. The van der Waals surface area contributed by atoms with Crippen LogP contribution in [0, 0.1) is 0 Å². The van der Waals surface area contributed by atoms with Gasteiger partial charge in [0.1, 0.15) is 0 Å². The average Bonchev–Trinajstić information content (AvgIpc) is 3.06. The average molecular weight is 301 g/mol. The number of nitrogens with zero attached hydrogens (tertiary/aromatic N) is 3. The van der Waals surface area contributed by atoms with Gasteiger partial charge in [0.15, 0.2) is 11.6 Å². The number of piperazine rings is 1. The van der Waals surface area contributed by atoms with E-state index in [1.807, 2.05) is 43.3 Å². The zero-order valence-electron chi connectivity index (χ0n) is 12.6. The summed E-state index contributed by atoms with van der Waals surface area (Å²) in [6.45, 7) is 4.93. The summed E-state index contributed by atoms with van der Waals surface area (Å²) >= 11 is 0. The molecule has 2 aromatic rings. The molecule has 1 saturated heterocycles. The van der Waals surface area contributed by atoms with Gasteiger partial charge in [-0.05, 0) is 6.92 Å². The summed E-state index contributed by atoms with van der Waals surface area (Å²) in [6.07, 6.45) is -0.243. The normalized spacial score (nSPS) is 15.0. The highest BCUT2D eigenvalue weighted by Gasteiger charge is 2.23. The topological polar surface area (TPSA) is 58.8 Å². The number of ether oxygens (including phenoxy) is 1. The molecule has 1 aromatic carbocycles. The molecule has 1 amide bonds. The predicted octanol–water partition coefficient (Wildman–Crippen LogP) is 2.62. The first kappa shape index (κ1) is 14.4. The summed E-state index contributed by atoms with van der Waals surface area (Å²) in [7, 11) is 0. The molecule has 116 valence electrons. The lowest BCUT2D eigenvalue weighted by atomic mass is 10.2. The third kappa shape index (κ3) is 3.05. The number of carbonyl (C=O) groups excluding carboxylic acids is 1. The van der Waals surface area contributed by atoms with Crippen LogP contribution in [0.2, 0.25) is 0 Å². The van der Waals surface area contributed by atoms with Crippen molar-refractivity contribution in [2.24, 2.45) is 0 Å². The maximum Gasteiger partial charge on any atom is 0.409 e. The Morgan fingerprint density at radius 1 is 1.23 bits per heavy atom. The van der Waals surface area contributed by atoms with Crippen molar-refractivity contribution in [2.75, 3.05) is 37.7 Å². The van der Waals surface area contributed by atoms with E-state index in [0.29, 0.717) is 19.7 Å². The molecule has 0 unspecified atom stereocenters. The molecular formula is C16H19N3O3. The van der Waals surface area contributed by atoms with Crippen molar-refractivity contribution in [3.63, 3.8) is 0 Å². The van der Waals surface area contributed by atoms with Crippen LogP contribution >= 0.6 is 0 Å². The van der Waals surface area contributed by atoms with E-state index in [2.05, 4.69) is 10.1 Å². The van der Waals surface area contributed by atoms with E-state index in [-0.39, 0.29) is 6.09 Å². The first-order valence-electron chi connectivity index (χ1n) is 7.46. The fraction of sp³-hybridized carbons (Fsp3) is 0.375. The molecule has 6 nitrogen and oxygen atoms in total. The first-order valence-corrected chi connectivity index (χ1v) is 7.46. The van der Waals surface area contributed by atoms with E-state index >= 15 is 0 Å². The Bertz CT molecular complexity index is 619. The van der Waals surface area contributed by atoms with Crippen LogP contribution in [0.3, 0.4) is 0 Å². The molecule has 2 heterocycles. The molecule has 0 N–H and O–H groups in total. The molecule has 0 spiro atoms. The van der Waals surface area contributed by atoms with Gasteiger partial charge in [-0.2, -0.15) is 0 Å². The molecule has 0 bridgehead atoms. The summed E-state index contributed by atoms with van der Waals surface area (Å²) in [5.41, 5.74) is 1.01. The fourth-order valence-electron chi connectivity index (χ4n) is 2.49. The van der Waals surface area contributed by atoms with Crippen molar-refractivity contribution < 1.29 is 14.1 Å². The number of carbonyl (C=O) groups is 1. The van der Waals surface area contributed by atoms with E-state index in [1.165, 1.54) is 0 Å². The maximum atomic E-state index is 11.7. The van der Waals surface area contributed by atoms with Crippen LogP contribution in [-0.4, -0.2) is 48.9 Å². The number of hydrogen-bond donors (Lipinski definition) is 0. The Labute approximate surface area is 129 Å². The van der Waals surface area contributed by atoms with Crippen LogP contribution in [0.25, 0.3) is 11.3 Å². The van der Waals surface area contributed by atoms with Gasteiger partial charge < -0.3 is 19.1 Å². The summed E-state index contributed by atoms with van der Waals surface area (Å²) in [5.74, 6) is 1.56. The van der Waals surface area contributed by atoms with Crippen molar-refractivity contribution in [2.45, 2.75) is 6.92 Å². The van der Waals surface area contributed by atoms with Crippen LogP contribution in [0.5, 0.6) is 0 Å². The maximum absolute atomic E-state index is 11.7. The second-order valence-corrected chi connectivity index (χ2v) is 5.09. The smallest absolute Gasteiger partial charge is 0.409 e. The van der Waals surface area contributed by atoms with Gasteiger partial charge in [-0.15, -0.1) is 0 Å². The van der Waals surface area contributed by atoms with E-state index in [4.69, 9.17) is 9.26 Å². The number of anilines is 1. The van der Waals surface area contributed by atoms with Crippen molar-refractivity contribution in [1.82, 2.24) is 10.1 Å². The number of aromatic nitrogens is 1. The van der Waals surface area contributed by atoms with E-state index in [9.17, 15) is 4.79 Å². The SMILES string of the molecule is CCOC(=O)N1CCN(c2cc(-c3ccccc3)on2)CC1. The van der Waals surface area contributed by atoms with Crippen molar-refractivity contribution in [1.29, 1.82) is 0 Å². The standard InChI is InChI=1S/C16H19N3O3/c1-2-21-16(20)19-10-8-18(9-11-19)15-12-14(22-17-15)13-6-4-3-5-7-13/h3-7,12H,2,8-11H2,1H3. The van der Waals surface area contributed by atoms with Crippen LogP contribution in [0.4, 0.5) is 10.6 Å². The van der Waals surface area contributed by atoms with Gasteiger partial charge in [0.2, 0.25) is 0 Å². The number of hydrogen-bond acceptors (Lipinski definition) is 5. The highest BCUT2D eigenvalue weighted by molar-refractivity contribution is 5.68. The number of amides is 1. The molecule has 22 heavy (non-hydrogen) atoms. The minimum atomic E-state index is -0.243. The van der Waals surface area contributed by atoms with Gasteiger partial charge in [-0.25, -0.2) is 4.79 Å². The molecular weight excluding hydrogens is 282 g/mol. The lowest BCUT2D eigenvalue weighted by Gasteiger charge is -2.33. The minimum Gasteiger partial charge on any atom is -0.450 e. The molecule has 1 fully saturated rings. The van der Waals surface area contributed by atoms with Crippen LogP contribution in [0.1, 0.15) is 6.92 Å². The predicted molar refractivity (Wildman–Crippen MR) is 82.7 cm³/mol.